The Kier molecular flexibility index (Phi) is 5.90. The number of nitrogens with one attached hydrogen (secondary N) is 2. The molecule has 1 atom stereocenters. The molecule has 3 N–H and O–H groups in total. The normalized spacial score (nSPS) is 13.0. The van der Waals surface area contributed by atoms with Crippen molar-refractivity contribution in [3.63, 3.8) is 0 Å². The molecule has 0 aliphatic heterocycles. The molecule has 0 amide bonds. The highest BCUT2D eigenvalue weighted by Crippen LogP contribution is 2.09. The third-order valence-corrected chi connectivity index (χ3v) is 4.90. The number of hydrogen-bond donors (Lipinski definition) is 3. The summed E-state index contributed by atoms with van der Waals surface area (Å²) in [5.41, 5.74) is 3.18. The van der Waals surface area contributed by atoms with Crippen molar-refractivity contribution >= 4 is 10.0 Å². The summed E-state index contributed by atoms with van der Waals surface area (Å²) in [7, 11) is -3.61. The summed E-state index contributed by atoms with van der Waals surface area (Å²) in [4.78, 5) is 0.189. The van der Waals surface area contributed by atoms with Crippen molar-refractivity contribution in [3.8, 4) is 0 Å². The predicted octanol–water partition coefficient (Wildman–Crippen LogP) is 1.69. The van der Waals surface area contributed by atoms with Crippen LogP contribution in [0.2, 0.25) is 0 Å². The highest BCUT2D eigenvalue weighted by atomic mass is 32.2. The lowest BCUT2D eigenvalue weighted by Gasteiger charge is -2.14. The van der Waals surface area contributed by atoms with Crippen LogP contribution in [0.25, 0.3) is 0 Å². The van der Waals surface area contributed by atoms with Crippen LogP contribution in [0.15, 0.2) is 53.4 Å². The molecular weight excluding hydrogens is 312 g/mol. The fraction of sp³-hybridized carbons (Fsp3) is 0.294. The fourth-order valence-corrected chi connectivity index (χ4v) is 3.04. The zero-order chi connectivity index (χ0) is 16.9. The lowest BCUT2D eigenvalue weighted by atomic mass is 10.1. The van der Waals surface area contributed by atoms with Gasteiger partial charge in [0, 0.05) is 6.54 Å². The second-order valence-corrected chi connectivity index (χ2v) is 7.31. The van der Waals surface area contributed by atoms with Crippen molar-refractivity contribution in [3.05, 3.63) is 65.2 Å². The Hall–Kier alpha value is -1.73. The maximum absolute atomic E-state index is 12.1. The van der Waals surface area contributed by atoms with Crippen molar-refractivity contribution in [1.82, 2.24) is 10.0 Å². The molecule has 23 heavy (non-hydrogen) atoms. The van der Waals surface area contributed by atoms with Gasteiger partial charge in [0.2, 0.25) is 10.0 Å². The summed E-state index contributed by atoms with van der Waals surface area (Å²) >= 11 is 0. The second-order valence-electron chi connectivity index (χ2n) is 5.55. The maximum atomic E-state index is 12.1. The van der Waals surface area contributed by atoms with E-state index in [0.717, 1.165) is 11.1 Å². The van der Waals surface area contributed by atoms with Crippen LogP contribution in [-0.2, 0) is 16.6 Å². The summed E-state index contributed by atoms with van der Waals surface area (Å²) in [6.45, 7) is 4.27. The standard InChI is InChI=1S/C17H22N2O3S/c1-13-3-7-15(8-4-13)11-18-17(20)12-19-23(21,22)16-9-5-14(2)6-10-16/h3-10,17-20H,11-12H2,1-2H3. The van der Waals surface area contributed by atoms with Crippen LogP contribution in [0.5, 0.6) is 0 Å². The van der Waals surface area contributed by atoms with Crippen molar-refractivity contribution in [1.29, 1.82) is 0 Å². The minimum atomic E-state index is -3.61. The van der Waals surface area contributed by atoms with Crippen LogP contribution in [0.1, 0.15) is 16.7 Å². The number of rotatable bonds is 7. The third kappa shape index (κ3) is 5.44. The Morgan fingerprint density at radius 3 is 2.04 bits per heavy atom. The molecular formula is C17H22N2O3S. The van der Waals surface area contributed by atoms with Gasteiger partial charge < -0.3 is 5.11 Å². The van der Waals surface area contributed by atoms with E-state index in [9.17, 15) is 13.5 Å². The van der Waals surface area contributed by atoms with E-state index in [4.69, 9.17) is 0 Å². The smallest absolute Gasteiger partial charge is 0.240 e. The monoisotopic (exact) mass is 334 g/mol. The third-order valence-electron chi connectivity index (χ3n) is 3.46. The number of aliphatic hydroxyl groups excluding tert-OH is 1. The summed E-state index contributed by atoms with van der Waals surface area (Å²) in [6.07, 6.45) is -0.962. The molecule has 0 saturated carbocycles. The van der Waals surface area contributed by atoms with E-state index in [-0.39, 0.29) is 11.4 Å². The molecule has 0 spiro atoms. The molecule has 2 rings (SSSR count). The Labute approximate surface area is 137 Å². The van der Waals surface area contributed by atoms with Gasteiger partial charge >= 0.3 is 0 Å². The van der Waals surface area contributed by atoms with E-state index in [1.807, 2.05) is 38.1 Å². The first-order valence-electron chi connectivity index (χ1n) is 7.40. The molecule has 0 aromatic heterocycles. The van der Waals surface area contributed by atoms with E-state index in [0.29, 0.717) is 6.54 Å². The zero-order valence-corrected chi connectivity index (χ0v) is 14.1. The van der Waals surface area contributed by atoms with Gasteiger partial charge in [-0.25, -0.2) is 13.1 Å². The van der Waals surface area contributed by atoms with Crippen LogP contribution < -0.4 is 10.0 Å². The van der Waals surface area contributed by atoms with Crippen LogP contribution in [0.4, 0.5) is 0 Å². The van der Waals surface area contributed by atoms with Gasteiger partial charge in [0.25, 0.3) is 0 Å². The molecule has 0 heterocycles. The summed E-state index contributed by atoms with van der Waals surface area (Å²) in [5.74, 6) is 0. The fourth-order valence-electron chi connectivity index (χ4n) is 2.00. The second kappa shape index (κ2) is 7.70. The quantitative estimate of drug-likeness (QED) is 0.673. The molecule has 2 aromatic rings. The zero-order valence-electron chi connectivity index (χ0n) is 13.3. The van der Waals surface area contributed by atoms with Crippen molar-refractivity contribution < 1.29 is 13.5 Å². The first-order chi connectivity index (χ1) is 10.9. The van der Waals surface area contributed by atoms with Gasteiger partial charge in [-0.2, -0.15) is 0 Å². The van der Waals surface area contributed by atoms with Crippen molar-refractivity contribution in [2.24, 2.45) is 0 Å². The number of benzene rings is 2. The number of sulfonamides is 1. The SMILES string of the molecule is Cc1ccc(CNC(O)CNS(=O)(=O)c2ccc(C)cc2)cc1. The van der Waals surface area contributed by atoms with Gasteiger partial charge in [0.1, 0.15) is 6.23 Å². The minimum Gasteiger partial charge on any atom is -0.377 e. The van der Waals surface area contributed by atoms with Gasteiger partial charge in [0.05, 0.1) is 11.4 Å². The topological polar surface area (TPSA) is 78.4 Å². The van der Waals surface area contributed by atoms with Crippen LogP contribution in [-0.4, -0.2) is 26.3 Å². The molecule has 0 saturated heterocycles. The first kappa shape index (κ1) is 17.6. The molecule has 6 heteroatoms. The van der Waals surface area contributed by atoms with Crippen molar-refractivity contribution in [2.45, 2.75) is 31.5 Å². The molecule has 0 aliphatic carbocycles. The average Bonchev–Trinajstić information content (AvgIpc) is 2.53. The number of aliphatic hydroxyl groups is 1. The molecule has 1 unspecified atom stereocenters. The van der Waals surface area contributed by atoms with E-state index in [1.165, 1.54) is 5.56 Å². The molecule has 0 fully saturated rings. The number of aryl methyl sites for hydroxylation is 2. The largest absolute Gasteiger partial charge is 0.377 e. The average molecular weight is 334 g/mol. The highest BCUT2D eigenvalue weighted by Gasteiger charge is 2.15. The number of hydrogen-bond acceptors (Lipinski definition) is 4. The lowest BCUT2D eigenvalue weighted by Crippen LogP contribution is -2.40. The molecule has 0 aliphatic rings. The van der Waals surface area contributed by atoms with E-state index < -0.39 is 16.3 Å². The van der Waals surface area contributed by atoms with E-state index in [2.05, 4.69) is 10.0 Å². The van der Waals surface area contributed by atoms with E-state index >= 15 is 0 Å². The summed E-state index contributed by atoms with van der Waals surface area (Å²) < 4.78 is 26.6. The molecule has 0 bridgehead atoms. The highest BCUT2D eigenvalue weighted by molar-refractivity contribution is 7.89. The van der Waals surface area contributed by atoms with Crippen LogP contribution >= 0.6 is 0 Å². The Balaban J connectivity index is 1.84. The molecule has 0 radical (unpaired) electrons. The lowest BCUT2D eigenvalue weighted by molar-refractivity contribution is 0.139. The molecule has 2 aromatic carbocycles. The molecule has 5 nitrogen and oxygen atoms in total. The van der Waals surface area contributed by atoms with E-state index in [1.54, 1.807) is 24.3 Å². The van der Waals surface area contributed by atoms with Crippen LogP contribution in [0.3, 0.4) is 0 Å². The predicted molar refractivity (Wildman–Crippen MR) is 90.4 cm³/mol. The Morgan fingerprint density at radius 1 is 0.957 bits per heavy atom. The Morgan fingerprint density at radius 2 is 1.48 bits per heavy atom. The summed E-state index contributed by atoms with van der Waals surface area (Å²) in [5, 5.41) is 12.8. The van der Waals surface area contributed by atoms with Crippen molar-refractivity contribution in [2.75, 3.05) is 6.54 Å². The van der Waals surface area contributed by atoms with Crippen LogP contribution in [0, 0.1) is 13.8 Å². The van der Waals surface area contributed by atoms with Gasteiger partial charge in [-0.15, -0.1) is 0 Å². The van der Waals surface area contributed by atoms with Gasteiger partial charge in [-0.1, -0.05) is 47.5 Å². The van der Waals surface area contributed by atoms with Gasteiger partial charge in [-0.3, -0.25) is 5.32 Å². The molecule has 124 valence electrons. The maximum Gasteiger partial charge on any atom is 0.240 e. The first-order valence-corrected chi connectivity index (χ1v) is 8.88. The minimum absolute atomic E-state index is 0.0952. The van der Waals surface area contributed by atoms with Gasteiger partial charge in [-0.05, 0) is 31.5 Å². The summed E-state index contributed by atoms with van der Waals surface area (Å²) in [6, 6.07) is 14.5. The van der Waals surface area contributed by atoms with Gasteiger partial charge in [0.15, 0.2) is 0 Å². The Bertz CT molecular complexity index is 725.